The summed E-state index contributed by atoms with van der Waals surface area (Å²) >= 11 is 0. The Labute approximate surface area is 91.9 Å². The molecular weight excluding hydrogens is 206 g/mol. The van der Waals surface area contributed by atoms with Crippen LogP contribution in [-0.2, 0) is 0 Å². The van der Waals surface area contributed by atoms with E-state index in [2.05, 4.69) is 20.7 Å². The van der Waals surface area contributed by atoms with Crippen molar-refractivity contribution in [2.24, 2.45) is 0 Å². The van der Waals surface area contributed by atoms with E-state index >= 15 is 0 Å². The van der Waals surface area contributed by atoms with Crippen LogP contribution in [0.2, 0.25) is 0 Å². The van der Waals surface area contributed by atoms with Crippen LogP contribution in [0.25, 0.3) is 0 Å². The summed E-state index contributed by atoms with van der Waals surface area (Å²) < 4.78 is 0. The van der Waals surface area contributed by atoms with Crippen LogP contribution in [0.5, 0.6) is 0 Å². The highest BCUT2D eigenvalue weighted by Gasteiger charge is 2.09. The Kier molecular flexibility index (Phi) is 2.55. The Bertz CT molecular complexity index is 506. The van der Waals surface area contributed by atoms with Crippen LogP contribution < -0.4 is 11.1 Å². The first-order valence-corrected chi connectivity index (χ1v) is 4.70. The van der Waals surface area contributed by atoms with E-state index in [1.807, 2.05) is 6.92 Å². The third-order valence-corrected chi connectivity index (χ3v) is 2.15. The third kappa shape index (κ3) is 2.00. The summed E-state index contributed by atoms with van der Waals surface area (Å²) in [5, 5.41) is 12.4. The molecule has 1 amide bonds. The van der Waals surface area contributed by atoms with Crippen molar-refractivity contribution in [1.82, 2.24) is 15.4 Å². The maximum Gasteiger partial charge on any atom is 0.277 e. The Morgan fingerprint density at radius 2 is 2.31 bits per heavy atom. The van der Waals surface area contributed by atoms with Gasteiger partial charge in [-0.1, -0.05) is 0 Å². The summed E-state index contributed by atoms with van der Waals surface area (Å²) in [5.41, 5.74) is 8.13. The number of amides is 1. The minimum atomic E-state index is -0.304. The van der Waals surface area contributed by atoms with Crippen LogP contribution >= 0.6 is 0 Å². The highest BCUT2D eigenvalue weighted by Crippen LogP contribution is 2.17. The number of nitrogens with two attached hydrogens (primary N) is 1. The van der Waals surface area contributed by atoms with E-state index in [1.54, 1.807) is 18.2 Å². The molecule has 0 saturated heterocycles. The van der Waals surface area contributed by atoms with E-state index in [4.69, 9.17) is 5.73 Å². The lowest BCUT2D eigenvalue weighted by atomic mass is 10.2. The monoisotopic (exact) mass is 217 g/mol. The van der Waals surface area contributed by atoms with Crippen molar-refractivity contribution in [2.75, 3.05) is 11.1 Å². The first kappa shape index (κ1) is 10.2. The van der Waals surface area contributed by atoms with Gasteiger partial charge in [-0.2, -0.15) is 15.4 Å². The molecule has 0 atom stereocenters. The van der Waals surface area contributed by atoms with Gasteiger partial charge in [-0.3, -0.25) is 4.79 Å². The molecule has 1 heterocycles. The van der Waals surface area contributed by atoms with Crippen molar-refractivity contribution in [2.45, 2.75) is 6.92 Å². The molecule has 0 aliphatic heterocycles. The molecule has 6 heteroatoms. The number of nitrogens with zero attached hydrogens (tertiary/aromatic N) is 2. The van der Waals surface area contributed by atoms with Crippen LogP contribution in [0.1, 0.15) is 16.1 Å². The topological polar surface area (TPSA) is 96.7 Å². The van der Waals surface area contributed by atoms with Crippen molar-refractivity contribution >= 4 is 17.3 Å². The van der Waals surface area contributed by atoms with Crippen molar-refractivity contribution in [3.8, 4) is 0 Å². The Hall–Kier alpha value is -2.37. The van der Waals surface area contributed by atoms with Crippen molar-refractivity contribution in [3.63, 3.8) is 0 Å². The highest BCUT2D eigenvalue weighted by atomic mass is 16.2. The summed E-state index contributed by atoms with van der Waals surface area (Å²) in [4.78, 5) is 11.6. The predicted molar refractivity (Wildman–Crippen MR) is 59.9 cm³/mol. The number of nitrogens with one attached hydrogen (secondary N) is 2. The molecule has 0 spiro atoms. The summed E-state index contributed by atoms with van der Waals surface area (Å²) in [5.74, 6) is -0.304. The maximum absolute atomic E-state index is 11.6. The molecule has 0 aliphatic rings. The zero-order chi connectivity index (χ0) is 11.5. The second-order valence-corrected chi connectivity index (χ2v) is 3.38. The molecule has 4 N–H and O–H groups in total. The van der Waals surface area contributed by atoms with E-state index in [0.29, 0.717) is 11.4 Å². The highest BCUT2D eigenvalue weighted by molar-refractivity contribution is 6.03. The molecule has 1 aromatic carbocycles. The number of H-pyrrole nitrogens is 1. The summed E-state index contributed by atoms with van der Waals surface area (Å²) in [6.45, 7) is 1.87. The third-order valence-electron chi connectivity index (χ3n) is 2.15. The fraction of sp³-hybridized carbons (Fsp3) is 0.100. The molecule has 0 fully saturated rings. The number of hydrogen-bond acceptors (Lipinski definition) is 4. The number of carbonyl (C=O) groups is 1. The van der Waals surface area contributed by atoms with Gasteiger partial charge >= 0.3 is 0 Å². The summed E-state index contributed by atoms with van der Waals surface area (Å²) in [7, 11) is 0. The molecule has 1 aromatic heterocycles. The lowest BCUT2D eigenvalue weighted by Gasteiger charge is -2.07. The van der Waals surface area contributed by atoms with Gasteiger partial charge in [0.25, 0.3) is 5.91 Å². The van der Waals surface area contributed by atoms with Gasteiger partial charge in [0, 0.05) is 11.4 Å². The number of benzene rings is 1. The van der Waals surface area contributed by atoms with Gasteiger partial charge in [0.05, 0.1) is 6.20 Å². The number of aromatic nitrogens is 3. The second kappa shape index (κ2) is 4.01. The van der Waals surface area contributed by atoms with Crippen LogP contribution in [0, 0.1) is 6.92 Å². The molecule has 0 saturated carbocycles. The molecular formula is C10H11N5O. The first-order valence-electron chi connectivity index (χ1n) is 4.70. The lowest BCUT2D eigenvalue weighted by molar-refractivity contribution is 0.102. The molecule has 0 radical (unpaired) electrons. The minimum absolute atomic E-state index is 0.247. The smallest absolute Gasteiger partial charge is 0.277 e. The number of nitrogen functional groups attached to an aromatic ring is 1. The van der Waals surface area contributed by atoms with Gasteiger partial charge in [0.1, 0.15) is 0 Å². The molecule has 2 rings (SSSR count). The Balaban J connectivity index is 2.18. The molecule has 16 heavy (non-hydrogen) atoms. The normalized spacial score (nSPS) is 10.1. The zero-order valence-electron chi connectivity index (χ0n) is 8.69. The van der Waals surface area contributed by atoms with E-state index in [0.717, 1.165) is 5.56 Å². The molecule has 0 unspecified atom stereocenters. The van der Waals surface area contributed by atoms with Crippen LogP contribution in [0.4, 0.5) is 11.4 Å². The fourth-order valence-corrected chi connectivity index (χ4v) is 1.32. The molecule has 6 nitrogen and oxygen atoms in total. The lowest BCUT2D eigenvalue weighted by Crippen LogP contribution is -2.13. The maximum atomic E-state index is 11.6. The standard InChI is InChI=1S/C10H11N5O/c1-6-4-7(11)2-3-8(6)13-10(16)9-5-12-15-14-9/h2-5H,11H2,1H3,(H,13,16)(H,12,14,15). The SMILES string of the molecule is Cc1cc(N)ccc1NC(=O)c1cn[nH]n1. The van der Waals surface area contributed by atoms with Crippen molar-refractivity contribution < 1.29 is 4.79 Å². The number of aromatic amines is 1. The van der Waals surface area contributed by atoms with Crippen LogP contribution in [0.15, 0.2) is 24.4 Å². The average molecular weight is 217 g/mol. The first-order chi connectivity index (χ1) is 7.66. The van der Waals surface area contributed by atoms with Gasteiger partial charge in [-0.25, -0.2) is 0 Å². The van der Waals surface area contributed by atoms with Gasteiger partial charge in [0.2, 0.25) is 0 Å². The van der Waals surface area contributed by atoms with Gasteiger partial charge < -0.3 is 11.1 Å². The Morgan fingerprint density at radius 3 is 2.94 bits per heavy atom. The summed E-state index contributed by atoms with van der Waals surface area (Å²) in [6, 6.07) is 5.27. The van der Waals surface area contributed by atoms with E-state index in [1.165, 1.54) is 6.20 Å². The van der Waals surface area contributed by atoms with E-state index < -0.39 is 0 Å². The van der Waals surface area contributed by atoms with Crippen LogP contribution in [-0.4, -0.2) is 21.3 Å². The van der Waals surface area contributed by atoms with Crippen LogP contribution in [0.3, 0.4) is 0 Å². The van der Waals surface area contributed by atoms with Gasteiger partial charge in [-0.15, -0.1) is 0 Å². The number of anilines is 2. The number of rotatable bonds is 2. The molecule has 0 aliphatic carbocycles. The number of hydrogen-bond donors (Lipinski definition) is 3. The molecule has 0 bridgehead atoms. The number of aryl methyl sites for hydroxylation is 1. The van der Waals surface area contributed by atoms with E-state index in [9.17, 15) is 4.79 Å². The predicted octanol–water partition coefficient (Wildman–Crippen LogP) is 0.948. The molecule has 2 aromatic rings. The fourth-order valence-electron chi connectivity index (χ4n) is 1.32. The average Bonchev–Trinajstić information content (AvgIpc) is 2.75. The van der Waals surface area contributed by atoms with E-state index in [-0.39, 0.29) is 11.6 Å². The van der Waals surface area contributed by atoms with Gasteiger partial charge in [0.15, 0.2) is 5.69 Å². The van der Waals surface area contributed by atoms with Crippen molar-refractivity contribution in [3.05, 3.63) is 35.7 Å². The second-order valence-electron chi connectivity index (χ2n) is 3.38. The molecule has 82 valence electrons. The zero-order valence-corrected chi connectivity index (χ0v) is 8.69. The quantitative estimate of drug-likeness (QED) is 0.652. The number of carbonyl (C=O) groups excluding carboxylic acids is 1. The Morgan fingerprint density at radius 1 is 1.50 bits per heavy atom. The summed E-state index contributed by atoms with van der Waals surface area (Å²) in [6.07, 6.45) is 1.36. The minimum Gasteiger partial charge on any atom is -0.399 e. The van der Waals surface area contributed by atoms with Crippen molar-refractivity contribution in [1.29, 1.82) is 0 Å². The largest absolute Gasteiger partial charge is 0.399 e. The van der Waals surface area contributed by atoms with Gasteiger partial charge in [-0.05, 0) is 30.7 Å².